The molecule has 0 aromatic heterocycles. The molecule has 2 nitrogen and oxygen atoms in total. The quantitative estimate of drug-likeness (QED) is 0.232. The average molecular weight is 551 g/mol. The second-order valence-corrected chi connectivity index (χ2v) is 15.8. The lowest BCUT2D eigenvalue weighted by molar-refractivity contribution is 0.592. The van der Waals surface area contributed by atoms with Gasteiger partial charge in [0, 0.05) is 43.0 Å². The summed E-state index contributed by atoms with van der Waals surface area (Å²) >= 11 is 0. The first-order valence-corrected chi connectivity index (χ1v) is 16.8. The van der Waals surface area contributed by atoms with Gasteiger partial charge in [-0.15, -0.1) is 0 Å². The van der Waals surface area contributed by atoms with Crippen molar-refractivity contribution in [3.05, 3.63) is 146 Å². The zero-order valence-electron chi connectivity index (χ0n) is 21.6. The van der Waals surface area contributed by atoms with Gasteiger partial charge in [0.15, 0.2) is 14.3 Å². The lowest BCUT2D eigenvalue weighted by atomic mass is 9.98. The molecule has 0 saturated heterocycles. The molecule has 8 rings (SSSR count). The van der Waals surface area contributed by atoms with Crippen molar-refractivity contribution in [1.29, 1.82) is 0 Å². The molecule has 6 aromatic carbocycles. The predicted octanol–water partition coefficient (Wildman–Crippen LogP) is 6.59. The van der Waals surface area contributed by atoms with Gasteiger partial charge < -0.3 is 9.13 Å². The Kier molecular flexibility index (Phi) is 5.11. The molecule has 2 heterocycles. The van der Waals surface area contributed by atoms with Crippen LogP contribution in [0.5, 0.6) is 0 Å². The first-order valence-electron chi connectivity index (χ1n) is 13.4. The molecule has 0 radical (unpaired) electrons. The van der Waals surface area contributed by atoms with E-state index in [2.05, 4.69) is 48.5 Å². The van der Waals surface area contributed by atoms with E-state index < -0.39 is 14.3 Å². The molecule has 0 bridgehead atoms. The first kappa shape index (κ1) is 23.6. The Hall–Kier alpha value is -4.22. The van der Waals surface area contributed by atoms with Crippen LogP contribution in [0.3, 0.4) is 0 Å². The van der Waals surface area contributed by atoms with Crippen LogP contribution in [-0.2, 0) is 9.13 Å². The van der Waals surface area contributed by atoms with Crippen LogP contribution in [0.2, 0.25) is 0 Å². The molecule has 4 heteroatoms. The summed E-state index contributed by atoms with van der Waals surface area (Å²) in [5.74, 6) is 0. The van der Waals surface area contributed by atoms with Crippen molar-refractivity contribution in [2.24, 2.45) is 0 Å². The second kappa shape index (κ2) is 8.64. The molecule has 2 aliphatic rings. The number of hydrogen-bond acceptors (Lipinski definition) is 2. The SMILES string of the molecule is O=P1(c2ccccc2)c2cc(-c3ccccc3)cc3c2-c2c1cc(-c1ccccc1)cc2P3(=O)c1ccccc1. The summed E-state index contributed by atoms with van der Waals surface area (Å²) in [7, 11) is -6.50. The van der Waals surface area contributed by atoms with E-state index in [0.29, 0.717) is 0 Å². The molecule has 0 aliphatic carbocycles. The smallest absolute Gasteiger partial charge is 0.172 e. The molecule has 0 atom stereocenters. The highest BCUT2D eigenvalue weighted by Gasteiger charge is 2.52. The van der Waals surface area contributed by atoms with Crippen LogP contribution in [0, 0.1) is 0 Å². The molecule has 6 aromatic rings. The van der Waals surface area contributed by atoms with Crippen LogP contribution >= 0.6 is 14.3 Å². The van der Waals surface area contributed by atoms with Crippen molar-refractivity contribution in [2.75, 3.05) is 0 Å². The number of benzene rings is 6. The lowest BCUT2D eigenvalue weighted by Crippen LogP contribution is -2.28. The predicted molar refractivity (Wildman–Crippen MR) is 169 cm³/mol. The fourth-order valence-electron chi connectivity index (χ4n) is 6.42. The maximum Gasteiger partial charge on any atom is 0.172 e. The highest BCUT2D eigenvalue weighted by molar-refractivity contribution is 7.90. The monoisotopic (exact) mass is 550 g/mol. The Labute approximate surface area is 233 Å². The minimum absolute atomic E-state index is 0.796. The molecule has 0 unspecified atom stereocenters. The third-order valence-electron chi connectivity index (χ3n) is 8.25. The van der Waals surface area contributed by atoms with Gasteiger partial charge in [0.1, 0.15) is 0 Å². The van der Waals surface area contributed by atoms with Gasteiger partial charge >= 0.3 is 0 Å². The van der Waals surface area contributed by atoms with Crippen LogP contribution in [0.4, 0.5) is 0 Å². The maximum absolute atomic E-state index is 15.7. The standard InChI is InChI=1S/C36H24O2P2/c37-39(29-17-9-3-10-18-29)31-21-27(25-13-5-1-6-14-25)22-32-35(31)36-33(39)23-28(26-15-7-2-8-16-26)24-34(36)40(32,38)30-19-11-4-12-20-30/h1-24H. The van der Waals surface area contributed by atoms with Gasteiger partial charge in [-0.25, -0.2) is 0 Å². The largest absolute Gasteiger partial charge is 0.309 e. The van der Waals surface area contributed by atoms with Gasteiger partial charge in [-0.2, -0.15) is 0 Å². The van der Waals surface area contributed by atoms with Crippen LogP contribution in [0.15, 0.2) is 146 Å². The summed E-state index contributed by atoms with van der Waals surface area (Å²) in [6, 6.07) is 48.3. The second-order valence-electron chi connectivity index (χ2n) is 10.4. The van der Waals surface area contributed by atoms with Crippen molar-refractivity contribution < 1.29 is 9.13 Å². The minimum atomic E-state index is -3.25. The fourth-order valence-corrected chi connectivity index (χ4v) is 12.9. The third-order valence-corrected chi connectivity index (χ3v) is 14.4. The minimum Gasteiger partial charge on any atom is -0.309 e. The van der Waals surface area contributed by atoms with E-state index in [1.807, 2.05) is 97.1 Å². The van der Waals surface area contributed by atoms with Gasteiger partial charge in [0.25, 0.3) is 0 Å². The van der Waals surface area contributed by atoms with Crippen molar-refractivity contribution in [3.63, 3.8) is 0 Å². The fraction of sp³-hybridized carbons (Fsp3) is 0. The first-order chi connectivity index (χ1) is 19.6. The van der Waals surface area contributed by atoms with Gasteiger partial charge in [0.05, 0.1) is 0 Å². The molecule has 0 fully saturated rings. The van der Waals surface area contributed by atoms with Gasteiger partial charge in [0.2, 0.25) is 0 Å². The number of hydrogen-bond donors (Lipinski definition) is 0. The molecule has 0 N–H and O–H groups in total. The van der Waals surface area contributed by atoms with Crippen molar-refractivity contribution in [2.45, 2.75) is 0 Å². The highest BCUT2D eigenvalue weighted by Crippen LogP contribution is 2.61. The molecular formula is C36H24O2P2. The van der Waals surface area contributed by atoms with Crippen LogP contribution in [-0.4, -0.2) is 0 Å². The molecular weight excluding hydrogens is 526 g/mol. The summed E-state index contributed by atoms with van der Waals surface area (Å²) in [5.41, 5.74) is 5.73. The van der Waals surface area contributed by atoms with Crippen LogP contribution < -0.4 is 31.8 Å². The zero-order valence-corrected chi connectivity index (χ0v) is 23.4. The van der Waals surface area contributed by atoms with E-state index in [1.165, 1.54) is 0 Å². The molecule has 40 heavy (non-hydrogen) atoms. The average Bonchev–Trinajstić information content (AvgIpc) is 3.45. The molecule has 0 saturated carbocycles. The van der Waals surface area contributed by atoms with Gasteiger partial charge in [-0.05, 0) is 46.5 Å². The summed E-state index contributed by atoms with van der Waals surface area (Å²) < 4.78 is 31.3. The molecule has 190 valence electrons. The zero-order chi connectivity index (χ0) is 26.9. The van der Waals surface area contributed by atoms with E-state index >= 15 is 9.13 Å². The topological polar surface area (TPSA) is 34.1 Å². The van der Waals surface area contributed by atoms with E-state index in [0.717, 1.165) is 65.2 Å². The van der Waals surface area contributed by atoms with E-state index in [-0.39, 0.29) is 0 Å². The van der Waals surface area contributed by atoms with Crippen molar-refractivity contribution in [1.82, 2.24) is 0 Å². The van der Waals surface area contributed by atoms with Crippen molar-refractivity contribution >= 4 is 46.1 Å². The molecule has 0 spiro atoms. The van der Waals surface area contributed by atoms with E-state index in [9.17, 15) is 0 Å². The van der Waals surface area contributed by atoms with Crippen LogP contribution in [0.1, 0.15) is 0 Å². The Balaban J connectivity index is 1.54. The molecule has 2 aliphatic heterocycles. The van der Waals surface area contributed by atoms with Crippen LogP contribution in [0.25, 0.3) is 33.4 Å². The van der Waals surface area contributed by atoms with Gasteiger partial charge in [-0.3, -0.25) is 0 Å². The Morgan fingerprint density at radius 1 is 0.325 bits per heavy atom. The Morgan fingerprint density at radius 2 is 0.600 bits per heavy atom. The van der Waals surface area contributed by atoms with E-state index in [1.54, 1.807) is 0 Å². The summed E-state index contributed by atoms with van der Waals surface area (Å²) in [6.07, 6.45) is 0. The Bertz CT molecular complexity index is 1830. The molecule has 0 amide bonds. The van der Waals surface area contributed by atoms with Crippen molar-refractivity contribution in [3.8, 4) is 33.4 Å². The van der Waals surface area contributed by atoms with Gasteiger partial charge in [-0.1, -0.05) is 121 Å². The third kappa shape index (κ3) is 3.12. The maximum atomic E-state index is 15.7. The lowest BCUT2D eigenvalue weighted by Gasteiger charge is -2.23. The summed E-state index contributed by atoms with van der Waals surface area (Å²) in [4.78, 5) is 0. The number of rotatable bonds is 4. The summed E-state index contributed by atoms with van der Waals surface area (Å²) in [6.45, 7) is 0. The highest BCUT2D eigenvalue weighted by atomic mass is 31.2. The normalized spacial score (nSPS) is 15.1. The van der Waals surface area contributed by atoms with E-state index in [4.69, 9.17) is 0 Å². The Morgan fingerprint density at radius 3 is 0.900 bits per heavy atom. The summed E-state index contributed by atoms with van der Waals surface area (Å²) in [5, 5.41) is 4.79.